The molecule has 3 rings (SSSR count). The van der Waals surface area contributed by atoms with Gasteiger partial charge in [-0.05, 0) is 59.9 Å². The molecule has 0 unspecified atom stereocenters. The van der Waals surface area contributed by atoms with E-state index in [9.17, 15) is 0 Å². The van der Waals surface area contributed by atoms with E-state index in [1.54, 1.807) is 6.21 Å². The molecular weight excluding hydrogens is 352 g/mol. The molecule has 0 aromatic heterocycles. The summed E-state index contributed by atoms with van der Waals surface area (Å²) in [6.45, 7) is 4.29. The van der Waals surface area contributed by atoms with Crippen molar-refractivity contribution in [2.75, 3.05) is 0 Å². The van der Waals surface area contributed by atoms with Crippen LogP contribution in [-0.4, -0.2) is 12.4 Å². The second-order valence-electron chi connectivity index (χ2n) is 6.34. The average Bonchev–Trinajstić information content (AvgIpc) is 2.72. The fraction of sp³-hybridized carbons (Fsp3) is 0.167. The van der Waals surface area contributed by atoms with Gasteiger partial charge in [-0.2, -0.15) is 0 Å². The van der Waals surface area contributed by atoms with E-state index in [-0.39, 0.29) is 0 Å². The second kappa shape index (κ2) is 9.29. The molecule has 3 aromatic carbocycles. The number of hydrogen-bond donors (Lipinski definition) is 0. The first kappa shape index (κ1) is 19.1. The molecule has 0 bridgehead atoms. The third-order valence-corrected chi connectivity index (χ3v) is 4.76. The topological polar surface area (TPSA) is 24.7 Å². The minimum absolute atomic E-state index is 0.661. The first-order valence-electron chi connectivity index (χ1n) is 9.23. The van der Waals surface area contributed by atoms with Crippen molar-refractivity contribution in [1.82, 2.24) is 0 Å². The van der Waals surface area contributed by atoms with Crippen molar-refractivity contribution in [3.63, 3.8) is 0 Å². The van der Waals surface area contributed by atoms with Gasteiger partial charge in [0.05, 0.1) is 11.4 Å². The summed E-state index contributed by atoms with van der Waals surface area (Å²) in [5.41, 5.74) is 6.32. The van der Waals surface area contributed by atoms with Gasteiger partial charge in [-0.3, -0.25) is 9.98 Å². The van der Waals surface area contributed by atoms with Gasteiger partial charge in [0.2, 0.25) is 0 Å². The number of rotatable bonds is 6. The van der Waals surface area contributed by atoms with Crippen LogP contribution >= 0.6 is 11.6 Å². The van der Waals surface area contributed by atoms with Crippen molar-refractivity contribution >= 4 is 35.4 Å². The van der Waals surface area contributed by atoms with Gasteiger partial charge in [-0.1, -0.05) is 61.8 Å². The highest BCUT2D eigenvalue weighted by Crippen LogP contribution is 2.19. The average molecular weight is 375 g/mol. The highest BCUT2D eigenvalue weighted by molar-refractivity contribution is 6.33. The molecule has 0 amide bonds. The van der Waals surface area contributed by atoms with Gasteiger partial charge in [0.1, 0.15) is 0 Å². The number of aryl methyl sites for hydroxylation is 2. The molecule has 0 aliphatic rings. The van der Waals surface area contributed by atoms with Crippen LogP contribution in [0.25, 0.3) is 0 Å². The lowest BCUT2D eigenvalue weighted by Crippen LogP contribution is -1.87. The maximum absolute atomic E-state index is 6.41. The first-order valence-corrected chi connectivity index (χ1v) is 9.61. The van der Waals surface area contributed by atoms with Crippen molar-refractivity contribution in [1.29, 1.82) is 0 Å². The highest BCUT2D eigenvalue weighted by Gasteiger charge is 1.99. The van der Waals surface area contributed by atoms with E-state index < -0.39 is 0 Å². The maximum atomic E-state index is 6.41. The van der Waals surface area contributed by atoms with Crippen LogP contribution in [0.5, 0.6) is 0 Å². The lowest BCUT2D eigenvalue weighted by molar-refractivity contribution is 1.14. The van der Waals surface area contributed by atoms with Crippen LogP contribution in [0.1, 0.15) is 36.1 Å². The summed E-state index contributed by atoms with van der Waals surface area (Å²) in [5, 5.41) is 0.661. The predicted molar refractivity (Wildman–Crippen MR) is 118 cm³/mol. The van der Waals surface area contributed by atoms with Crippen LogP contribution in [0.3, 0.4) is 0 Å². The maximum Gasteiger partial charge on any atom is 0.0630 e. The molecule has 136 valence electrons. The van der Waals surface area contributed by atoms with E-state index in [2.05, 4.69) is 48.1 Å². The van der Waals surface area contributed by atoms with Crippen molar-refractivity contribution in [2.24, 2.45) is 9.98 Å². The fourth-order valence-corrected chi connectivity index (χ4v) is 2.89. The molecule has 3 aromatic rings. The highest BCUT2D eigenvalue weighted by atomic mass is 35.5. The quantitative estimate of drug-likeness (QED) is 0.416. The molecule has 2 nitrogen and oxygen atoms in total. The monoisotopic (exact) mass is 374 g/mol. The molecule has 0 aliphatic heterocycles. The number of hydrogen-bond acceptors (Lipinski definition) is 2. The van der Waals surface area contributed by atoms with Crippen molar-refractivity contribution < 1.29 is 0 Å². The van der Waals surface area contributed by atoms with E-state index in [1.807, 2.05) is 48.7 Å². The van der Waals surface area contributed by atoms with Crippen LogP contribution < -0.4 is 0 Å². The van der Waals surface area contributed by atoms with Crippen LogP contribution in [0, 0.1) is 0 Å². The van der Waals surface area contributed by atoms with Crippen molar-refractivity contribution in [3.05, 3.63) is 94.0 Å². The van der Waals surface area contributed by atoms with E-state index in [1.165, 1.54) is 11.1 Å². The normalized spacial score (nSPS) is 11.5. The lowest BCUT2D eigenvalue weighted by Gasteiger charge is -2.01. The summed E-state index contributed by atoms with van der Waals surface area (Å²) in [6, 6.07) is 22.4. The first-order chi connectivity index (χ1) is 13.2. The van der Waals surface area contributed by atoms with E-state index >= 15 is 0 Å². The van der Waals surface area contributed by atoms with Gasteiger partial charge < -0.3 is 0 Å². The molecule has 0 N–H and O–H groups in total. The molecular formula is C24H23ClN2. The molecule has 0 spiro atoms. The van der Waals surface area contributed by atoms with Crippen molar-refractivity contribution in [3.8, 4) is 0 Å². The molecule has 27 heavy (non-hydrogen) atoms. The SMILES string of the molecule is CCc1ccc(N=Cc2ccc(C=Nc3ccc(CC)cc3)c(Cl)c2)cc1. The molecule has 0 saturated carbocycles. The summed E-state index contributed by atoms with van der Waals surface area (Å²) < 4.78 is 0. The van der Waals surface area contributed by atoms with Crippen LogP contribution in [-0.2, 0) is 12.8 Å². The molecule has 0 fully saturated rings. The summed E-state index contributed by atoms with van der Waals surface area (Å²) in [6.07, 6.45) is 5.69. The van der Waals surface area contributed by atoms with Gasteiger partial charge >= 0.3 is 0 Å². The molecule has 3 heteroatoms. The third kappa shape index (κ3) is 5.38. The Labute approximate surface area is 166 Å². The lowest BCUT2D eigenvalue weighted by atomic mass is 10.1. The molecule has 0 saturated heterocycles. The minimum Gasteiger partial charge on any atom is -0.256 e. The third-order valence-electron chi connectivity index (χ3n) is 4.43. The zero-order chi connectivity index (χ0) is 19.1. The van der Waals surface area contributed by atoms with Gasteiger partial charge in [0.15, 0.2) is 0 Å². The second-order valence-corrected chi connectivity index (χ2v) is 6.74. The predicted octanol–water partition coefficient (Wildman–Crippen LogP) is 6.97. The largest absolute Gasteiger partial charge is 0.256 e. The standard InChI is InChI=1S/C24H23ClN2/c1-3-18-6-11-22(12-7-18)26-16-20-5-10-21(24(25)15-20)17-27-23-13-8-19(4-2)9-14-23/h5-17H,3-4H2,1-2H3. The van der Waals surface area contributed by atoms with Crippen LogP contribution in [0.4, 0.5) is 11.4 Å². The van der Waals surface area contributed by atoms with Gasteiger partial charge in [0.25, 0.3) is 0 Å². The van der Waals surface area contributed by atoms with E-state index in [0.29, 0.717) is 5.02 Å². The summed E-state index contributed by atoms with van der Waals surface area (Å²) in [4.78, 5) is 9.02. The zero-order valence-corrected chi connectivity index (χ0v) is 16.4. The molecule has 0 radical (unpaired) electrons. The minimum atomic E-state index is 0.661. The Bertz CT molecular complexity index is 939. The van der Waals surface area contributed by atoms with Gasteiger partial charge in [-0.25, -0.2) is 0 Å². The Hall–Kier alpha value is -2.71. The molecule has 0 heterocycles. The summed E-state index contributed by atoms with van der Waals surface area (Å²) in [7, 11) is 0. The Morgan fingerprint density at radius 1 is 0.704 bits per heavy atom. The van der Waals surface area contributed by atoms with Crippen molar-refractivity contribution in [2.45, 2.75) is 26.7 Å². The number of nitrogens with zero attached hydrogens (tertiary/aromatic N) is 2. The summed E-state index contributed by atoms with van der Waals surface area (Å²) in [5.74, 6) is 0. The Kier molecular flexibility index (Phi) is 6.56. The van der Waals surface area contributed by atoms with Crippen LogP contribution in [0.2, 0.25) is 5.02 Å². The van der Waals surface area contributed by atoms with Crippen LogP contribution in [0.15, 0.2) is 76.7 Å². The number of aliphatic imine (C=N–C) groups is 2. The Morgan fingerprint density at radius 2 is 1.22 bits per heavy atom. The van der Waals surface area contributed by atoms with E-state index in [0.717, 1.165) is 35.3 Å². The fourth-order valence-electron chi connectivity index (χ4n) is 2.66. The molecule has 0 aliphatic carbocycles. The molecule has 0 atom stereocenters. The van der Waals surface area contributed by atoms with E-state index in [4.69, 9.17) is 11.6 Å². The summed E-state index contributed by atoms with van der Waals surface area (Å²) >= 11 is 6.41. The zero-order valence-electron chi connectivity index (χ0n) is 15.7. The van der Waals surface area contributed by atoms with Gasteiger partial charge in [-0.15, -0.1) is 0 Å². The number of benzene rings is 3. The Balaban J connectivity index is 1.70. The Morgan fingerprint density at radius 3 is 1.70 bits per heavy atom. The van der Waals surface area contributed by atoms with Gasteiger partial charge in [0, 0.05) is 23.0 Å². The number of halogens is 1. The smallest absolute Gasteiger partial charge is 0.0630 e.